The van der Waals surface area contributed by atoms with Gasteiger partial charge in [0.2, 0.25) is 0 Å². The van der Waals surface area contributed by atoms with Crippen molar-refractivity contribution in [3.8, 4) is 0 Å². The molecule has 0 bridgehead atoms. The van der Waals surface area contributed by atoms with Crippen molar-refractivity contribution in [3.05, 3.63) is 35.8 Å². The first kappa shape index (κ1) is 9.85. The highest BCUT2D eigenvalue weighted by Gasteiger charge is 2.46. The van der Waals surface area contributed by atoms with Gasteiger partial charge in [0.15, 0.2) is 0 Å². The van der Waals surface area contributed by atoms with Crippen LogP contribution in [0.15, 0.2) is 28.7 Å². The summed E-state index contributed by atoms with van der Waals surface area (Å²) >= 11 is 0. The van der Waals surface area contributed by atoms with Crippen LogP contribution in [0.3, 0.4) is 0 Å². The van der Waals surface area contributed by atoms with E-state index >= 15 is 0 Å². The van der Waals surface area contributed by atoms with E-state index in [0.717, 1.165) is 12.8 Å². The Balaban J connectivity index is 2.05. The van der Waals surface area contributed by atoms with Gasteiger partial charge in [-0.05, 0) is 37.1 Å². The number of furan rings is 1. The molecule has 0 aliphatic heterocycles. The molecule has 1 saturated carbocycles. The molecule has 3 heteroatoms. The second kappa shape index (κ2) is 3.08. The van der Waals surface area contributed by atoms with E-state index in [0.29, 0.717) is 16.7 Å². The normalized spacial score (nSPS) is 19.9. The molecule has 3 rings (SSSR count). The molecular formula is C13H13FO2. The number of hydrogen-bond donors (Lipinski definition) is 1. The molecule has 2 nitrogen and oxygen atoms in total. The molecule has 16 heavy (non-hydrogen) atoms. The third-order valence-electron chi connectivity index (χ3n) is 3.47. The Labute approximate surface area is 92.7 Å². The predicted octanol–water partition coefficient (Wildman–Crippen LogP) is 3.41. The summed E-state index contributed by atoms with van der Waals surface area (Å²) in [4.78, 5) is 0. The minimum Gasteiger partial charge on any atom is -0.458 e. The third kappa shape index (κ3) is 1.43. The van der Waals surface area contributed by atoms with Gasteiger partial charge in [0.05, 0.1) is 0 Å². The molecule has 1 aromatic heterocycles. The Morgan fingerprint density at radius 3 is 2.81 bits per heavy atom. The average Bonchev–Trinajstić information content (AvgIpc) is 2.87. The van der Waals surface area contributed by atoms with Crippen LogP contribution >= 0.6 is 0 Å². The van der Waals surface area contributed by atoms with Crippen LogP contribution in [-0.4, -0.2) is 5.11 Å². The molecule has 84 valence electrons. The van der Waals surface area contributed by atoms with Crippen molar-refractivity contribution in [2.45, 2.75) is 25.9 Å². The van der Waals surface area contributed by atoms with Gasteiger partial charge >= 0.3 is 0 Å². The zero-order valence-corrected chi connectivity index (χ0v) is 9.03. The molecule has 0 saturated heterocycles. The Morgan fingerprint density at radius 2 is 2.12 bits per heavy atom. The summed E-state index contributed by atoms with van der Waals surface area (Å²) in [5.41, 5.74) is 0.576. The summed E-state index contributed by atoms with van der Waals surface area (Å²) in [6, 6.07) is 6.11. The average molecular weight is 220 g/mol. The van der Waals surface area contributed by atoms with Crippen LogP contribution in [0.1, 0.15) is 31.6 Å². The van der Waals surface area contributed by atoms with Crippen LogP contribution in [0.4, 0.5) is 4.39 Å². The van der Waals surface area contributed by atoms with Gasteiger partial charge in [-0.2, -0.15) is 0 Å². The standard InChI is InChI=1S/C13H13FO2/c1-13(4-5-13)12(15)11-7-8-6-9(14)2-3-10(8)16-11/h2-3,6-7,12,15H,4-5H2,1H3. The third-order valence-corrected chi connectivity index (χ3v) is 3.47. The van der Waals surface area contributed by atoms with Crippen molar-refractivity contribution in [2.24, 2.45) is 5.41 Å². The van der Waals surface area contributed by atoms with E-state index in [1.165, 1.54) is 12.1 Å². The van der Waals surface area contributed by atoms with Gasteiger partial charge in [-0.25, -0.2) is 4.39 Å². The highest BCUT2D eigenvalue weighted by molar-refractivity contribution is 5.78. The van der Waals surface area contributed by atoms with Crippen molar-refractivity contribution in [2.75, 3.05) is 0 Å². The fourth-order valence-electron chi connectivity index (χ4n) is 1.98. The summed E-state index contributed by atoms with van der Waals surface area (Å²) in [5, 5.41) is 10.8. The highest BCUT2D eigenvalue weighted by atomic mass is 19.1. The lowest BCUT2D eigenvalue weighted by Crippen LogP contribution is -2.08. The molecule has 1 fully saturated rings. The summed E-state index contributed by atoms with van der Waals surface area (Å²) in [6.45, 7) is 2.03. The lowest BCUT2D eigenvalue weighted by Gasteiger charge is -2.14. The molecule has 1 atom stereocenters. The van der Waals surface area contributed by atoms with Gasteiger partial charge in [0, 0.05) is 10.8 Å². The van der Waals surface area contributed by atoms with E-state index in [4.69, 9.17) is 4.42 Å². The number of benzene rings is 1. The minimum atomic E-state index is -0.581. The molecule has 0 radical (unpaired) electrons. The van der Waals surface area contributed by atoms with Gasteiger partial charge in [-0.3, -0.25) is 0 Å². The molecular weight excluding hydrogens is 207 g/mol. The number of halogens is 1. The minimum absolute atomic E-state index is 0.0492. The van der Waals surface area contributed by atoms with Gasteiger partial charge in [0.1, 0.15) is 23.3 Å². The smallest absolute Gasteiger partial charge is 0.134 e. The Morgan fingerprint density at radius 1 is 1.38 bits per heavy atom. The second-order valence-electron chi connectivity index (χ2n) is 4.89. The monoisotopic (exact) mass is 220 g/mol. The molecule has 1 aromatic carbocycles. The van der Waals surface area contributed by atoms with E-state index in [1.807, 2.05) is 6.92 Å². The van der Waals surface area contributed by atoms with E-state index in [-0.39, 0.29) is 11.2 Å². The van der Waals surface area contributed by atoms with Gasteiger partial charge < -0.3 is 9.52 Å². The fourth-order valence-corrected chi connectivity index (χ4v) is 1.98. The van der Waals surface area contributed by atoms with Gasteiger partial charge in [-0.15, -0.1) is 0 Å². The first-order chi connectivity index (χ1) is 7.58. The Hall–Kier alpha value is -1.35. The number of aliphatic hydroxyl groups excluding tert-OH is 1. The largest absolute Gasteiger partial charge is 0.458 e. The predicted molar refractivity (Wildman–Crippen MR) is 58.5 cm³/mol. The Bertz CT molecular complexity index is 540. The van der Waals surface area contributed by atoms with E-state index in [2.05, 4.69) is 0 Å². The number of rotatable bonds is 2. The van der Waals surface area contributed by atoms with Crippen LogP contribution in [-0.2, 0) is 0 Å². The quantitative estimate of drug-likeness (QED) is 0.841. The van der Waals surface area contributed by atoms with E-state index < -0.39 is 6.10 Å². The van der Waals surface area contributed by atoms with Crippen molar-refractivity contribution < 1.29 is 13.9 Å². The molecule has 1 unspecified atom stereocenters. The molecule has 2 aromatic rings. The zero-order valence-electron chi connectivity index (χ0n) is 9.03. The highest BCUT2D eigenvalue weighted by Crippen LogP contribution is 2.54. The summed E-state index contributed by atoms with van der Waals surface area (Å²) in [6.07, 6.45) is 1.45. The van der Waals surface area contributed by atoms with Crippen LogP contribution < -0.4 is 0 Å². The van der Waals surface area contributed by atoms with Crippen LogP contribution in [0, 0.1) is 11.2 Å². The molecule has 1 aliphatic rings. The topological polar surface area (TPSA) is 33.4 Å². The van der Waals surface area contributed by atoms with Crippen molar-refractivity contribution >= 4 is 11.0 Å². The SMILES string of the molecule is CC1(C(O)c2cc3cc(F)ccc3o2)CC1. The van der Waals surface area contributed by atoms with Crippen LogP contribution in [0.25, 0.3) is 11.0 Å². The maximum Gasteiger partial charge on any atom is 0.134 e. The first-order valence-electron chi connectivity index (χ1n) is 5.46. The first-order valence-corrected chi connectivity index (χ1v) is 5.46. The van der Waals surface area contributed by atoms with Gasteiger partial charge in [0.25, 0.3) is 0 Å². The summed E-state index contributed by atoms with van der Waals surface area (Å²) in [7, 11) is 0. The fraction of sp³-hybridized carbons (Fsp3) is 0.385. The molecule has 1 heterocycles. The maximum absolute atomic E-state index is 13.0. The molecule has 1 aliphatic carbocycles. The van der Waals surface area contributed by atoms with E-state index in [9.17, 15) is 9.50 Å². The molecule has 0 amide bonds. The van der Waals surface area contributed by atoms with Crippen molar-refractivity contribution in [3.63, 3.8) is 0 Å². The van der Waals surface area contributed by atoms with Crippen LogP contribution in [0.2, 0.25) is 0 Å². The number of hydrogen-bond acceptors (Lipinski definition) is 2. The van der Waals surface area contributed by atoms with E-state index in [1.54, 1.807) is 12.1 Å². The lowest BCUT2D eigenvalue weighted by atomic mass is 10.00. The lowest BCUT2D eigenvalue weighted by molar-refractivity contribution is 0.0827. The van der Waals surface area contributed by atoms with Gasteiger partial charge in [-0.1, -0.05) is 6.92 Å². The maximum atomic E-state index is 13.0. The summed E-state index contributed by atoms with van der Waals surface area (Å²) in [5.74, 6) is 0.257. The molecule has 0 spiro atoms. The summed E-state index contributed by atoms with van der Waals surface area (Å²) < 4.78 is 18.5. The van der Waals surface area contributed by atoms with Crippen molar-refractivity contribution in [1.29, 1.82) is 0 Å². The number of fused-ring (bicyclic) bond motifs is 1. The zero-order chi connectivity index (χ0) is 11.3. The molecule has 1 N–H and O–H groups in total. The Kier molecular flexibility index (Phi) is 1.89. The van der Waals surface area contributed by atoms with Crippen LogP contribution in [0.5, 0.6) is 0 Å². The second-order valence-corrected chi connectivity index (χ2v) is 4.89. The van der Waals surface area contributed by atoms with Crippen molar-refractivity contribution in [1.82, 2.24) is 0 Å². The number of aliphatic hydroxyl groups is 1.